The van der Waals surface area contributed by atoms with E-state index in [9.17, 15) is 4.79 Å². The fraction of sp³-hybridized carbons (Fsp3) is 0.500. The van der Waals surface area contributed by atoms with E-state index in [4.69, 9.17) is 0 Å². The first-order chi connectivity index (χ1) is 7.14. The Kier molecular flexibility index (Phi) is 2.30. The van der Waals surface area contributed by atoms with Gasteiger partial charge < -0.3 is 10.1 Å². The van der Waals surface area contributed by atoms with E-state index in [0.717, 1.165) is 12.8 Å². The summed E-state index contributed by atoms with van der Waals surface area (Å²) in [6, 6.07) is 0. The van der Waals surface area contributed by atoms with Gasteiger partial charge in [0.2, 0.25) is 0 Å². The van der Waals surface area contributed by atoms with Crippen LogP contribution < -0.4 is 5.32 Å². The lowest BCUT2D eigenvalue weighted by Crippen LogP contribution is -2.20. The van der Waals surface area contributed by atoms with Crippen LogP contribution in [0.1, 0.15) is 30.1 Å². The van der Waals surface area contributed by atoms with E-state index in [1.807, 2.05) is 0 Å². The summed E-state index contributed by atoms with van der Waals surface area (Å²) in [6.45, 7) is 2.09. The lowest BCUT2D eigenvalue weighted by Gasteiger charge is -2.13. The zero-order valence-electron chi connectivity index (χ0n) is 8.78. The van der Waals surface area contributed by atoms with Gasteiger partial charge in [0.1, 0.15) is 17.7 Å². The molecule has 0 aliphatic heterocycles. The van der Waals surface area contributed by atoms with Crippen LogP contribution >= 0.6 is 0 Å². The molecule has 0 atom stereocenters. The molecule has 1 heterocycles. The maximum absolute atomic E-state index is 11.4. The molecule has 5 nitrogen and oxygen atoms in total. The molecule has 0 unspecified atom stereocenters. The molecule has 0 bridgehead atoms. The molecular weight excluding hydrogens is 194 g/mol. The molecule has 2 rings (SSSR count). The number of nitrogens with zero attached hydrogens (tertiary/aromatic N) is 2. The lowest BCUT2D eigenvalue weighted by molar-refractivity contribution is 0.0601. The van der Waals surface area contributed by atoms with Crippen molar-refractivity contribution in [1.29, 1.82) is 0 Å². The van der Waals surface area contributed by atoms with Crippen molar-refractivity contribution in [3.05, 3.63) is 18.1 Å². The van der Waals surface area contributed by atoms with Crippen LogP contribution in [0.15, 0.2) is 12.5 Å². The van der Waals surface area contributed by atoms with Crippen molar-refractivity contribution in [1.82, 2.24) is 9.97 Å². The molecule has 0 aromatic carbocycles. The first kappa shape index (κ1) is 9.89. The normalized spacial score (nSPS) is 16.9. The maximum atomic E-state index is 11.4. The number of ether oxygens (including phenoxy) is 1. The van der Waals surface area contributed by atoms with E-state index >= 15 is 0 Å². The average molecular weight is 207 g/mol. The number of carbonyl (C=O) groups excluding carboxylic acids is 1. The van der Waals surface area contributed by atoms with Crippen molar-refractivity contribution in [2.24, 2.45) is 0 Å². The first-order valence-electron chi connectivity index (χ1n) is 4.81. The fourth-order valence-electron chi connectivity index (χ4n) is 1.29. The molecule has 0 saturated heterocycles. The highest BCUT2D eigenvalue weighted by Crippen LogP contribution is 2.38. The minimum Gasteiger partial charge on any atom is -0.465 e. The second kappa shape index (κ2) is 3.49. The van der Waals surface area contributed by atoms with Crippen LogP contribution in [0.25, 0.3) is 0 Å². The Balaban J connectivity index is 2.25. The van der Waals surface area contributed by atoms with Crippen molar-refractivity contribution >= 4 is 11.8 Å². The van der Waals surface area contributed by atoms with E-state index in [1.165, 1.54) is 19.6 Å². The highest BCUT2D eigenvalue weighted by Gasteiger charge is 2.38. The molecule has 1 aromatic rings. The van der Waals surface area contributed by atoms with E-state index in [2.05, 4.69) is 26.9 Å². The Hall–Kier alpha value is -1.65. The number of hydrogen-bond acceptors (Lipinski definition) is 5. The second-order valence-electron chi connectivity index (χ2n) is 3.96. The Morgan fingerprint density at radius 1 is 1.60 bits per heavy atom. The Morgan fingerprint density at radius 3 is 2.93 bits per heavy atom. The molecular formula is C10H13N3O2. The predicted octanol–water partition coefficient (Wildman–Crippen LogP) is 1.23. The number of anilines is 1. The molecule has 1 fully saturated rings. The molecule has 1 aliphatic carbocycles. The van der Waals surface area contributed by atoms with Gasteiger partial charge in [0.05, 0.1) is 7.11 Å². The number of methoxy groups -OCH3 is 1. The zero-order valence-corrected chi connectivity index (χ0v) is 8.78. The molecule has 80 valence electrons. The molecule has 0 amide bonds. The highest BCUT2D eigenvalue weighted by molar-refractivity contribution is 5.94. The second-order valence-corrected chi connectivity index (χ2v) is 3.96. The maximum Gasteiger partial charge on any atom is 0.343 e. The predicted molar refractivity (Wildman–Crippen MR) is 54.6 cm³/mol. The average Bonchev–Trinajstić information content (AvgIpc) is 2.96. The first-order valence-corrected chi connectivity index (χ1v) is 4.81. The lowest BCUT2D eigenvalue weighted by atomic mass is 10.2. The summed E-state index contributed by atoms with van der Waals surface area (Å²) in [5, 5.41) is 3.22. The summed E-state index contributed by atoms with van der Waals surface area (Å²) in [7, 11) is 1.35. The third-order valence-corrected chi connectivity index (χ3v) is 2.54. The summed E-state index contributed by atoms with van der Waals surface area (Å²) in [5.41, 5.74) is 0.463. The molecule has 1 aliphatic rings. The van der Waals surface area contributed by atoms with Gasteiger partial charge in [0.25, 0.3) is 0 Å². The van der Waals surface area contributed by atoms with Crippen LogP contribution in [-0.2, 0) is 4.74 Å². The van der Waals surface area contributed by atoms with Crippen molar-refractivity contribution in [2.75, 3.05) is 12.4 Å². The van der Waals surface area contributed by atoms with Gasteiger partial charge in [-0.25, -0.2) is 14.8 Å². The molecule has 1 saturated carbocycles. The van der Waals surface area contributed by atoms with Crippen LogP contribution in [0.4, 0.5) is 5.82 Å². The summed E-state index contributed by atoms with van der Waals surface area (Å²) < 4.78 is 4.65. The van der Waals surface area contributed by atoms with Gasteiger partial charge in [0.15, 0.2) is 0 Å². The Bertz CT molecular complexity index is 388. The van der Waals surface area contributed by atoms with E-state index in [0.29, 0.717) is 11.4 Å². The topological polar surface area (TPSA) is 64.1 Å². The summed E-state index contributed by atoms with van der Waals surface area (Å²) in [6.07, 6.45) is 5.07. The summed E-state index contributed by atoms with van der Waals surface area (Å²) >= 11 is 0. The van der Waals surface area contributed by atoms with Crippen LogP contribution in [0.3, 0.4) is 0 Å². The standard InChI is InChI=1S/C10H13N3O2/c1-10(3-4-10)13-8-7(9(14)15-2)5-11-6-12-8/h5-6H,3-4H2,1-2H3,(H,11,12,13). The summed E-state index contributed by atoms with van der Waals surface area (Å²) in [4.78, 5) is 19.3. The molecule has 0 radical (unpaired) electrons. The van der Waals surface area contributed by atoms with E-state index in [1.54, 1.807) is 0 Å². The third-order valence-electron chi connectivity index (χ3n) is 2.54. The van der Waals surface area contributed by atoms with Gasteiger partial charge in [-0.05, 0) is 19.8 Å². The Morgan fingerprint density at radius 2 is 2.33 bits per heavy atom. The number of hydrogen-bond donors (Lipinski definition) is 1. The van der Waals surface area contributed by atoms with Gasteiger partial charge in [0, 0.05) is 11.7 Å². The van der Waals surface area contributed by atoms with Crippen LogP contribution in [0.2, 0.25) is 0 Å². The Labute approximate surface area is 87.9 Å². The molecule has 15 heavy (non-hydrogen) atoms. The molecule has 1 aromatic heterocycles. The van der Waals surface area contributed by atoms with Crippen LogP contribution in [-0.4, -0.2) is 28.6 Å². The van der Waals surface area contributed by atoms with Gasteiger partial charge >= 0.3 is 5.97 Å². The minimum absolute atomic E-state index is 0.0805. The van der Waals surface area contributed by atoms with Crippen LogP contribution in [0, 0.1) is 0 Å². The van der Waals surface area contributed by atoms with Crippen LogP contribution in [0.5, 0.6) is 0 Å². The quantitative estimate of drug-likeness (QED) is 0.755. The van der Waals surface area contributed by atoms with E-state index < -0.39 is 5.97 Å². The monoisotopic (exact) mass is 207 g/mol. The molecule has 5 heteroatoms. The third kappa shape index (κ3) is 2.06. The minimum atomic E-state index is -0.414. The van der Waals surface area contributed by atoms with Crippen molar-refractivity contribution in [2.45, 2.75) is 25.3 Å². The fourth-order valence-corrected chi connectivity index (χ4v) is 1.29. The zero-order chi connectivity index (χ0) is 10.9. The number of rotatable bonds is 3. The summed E-state index contributed by atoms with van der Waals surface area (Å²) in [5.74, 6) is 0.138. The van der Waals surface area contributed by atoms with Crippen molar-refractivity contribution in [3.63, 3.8) is 0 Å². The van der Waals surface area contributed by atoms with Crippen molar-refractivity contribution < 1.29 is 9.53 Å². The largest absolute Gasteiger partial charge is 0.465 e. The number of carbonyl (C=O) groups is 1. The molecule has 1 N–H and O–H groups in total. The van der Waals surface area contributed by atoms with Crippen molar-refractivity contribution in [3.8, 4) is 0 Å². The van der Waals surface area contributed by atoms with E-state index in [-0.39, 0.29) is 5.54 Å². The number of nitrogens with one attached hydrogen (secondary N) is 1. The number of esters is 1. The molecule has 0 spiro atoms. The van der Waals surface area contributed by atoms with Gasteiger partial charge in [-0.2, -0.15) is 0 Å². The van der Waals surface area contributed by atoms with Gasteiger partial charge in [-0.1, -0.05) is 0 Å². The highest BCUT2D eigenvalue weighted by atomic mass is 16.5. The van der Waals surface area contributed by atoms with Gasteiger partial charge in [-0.3, -0.25) is 0 Å². The van der Waals surface area contributed by atoms with Gasteiger partial charge in [-0.15, -0.1) is 0 Å². The smallest absolute Gasteiger partial charge is 0.343 e. The SMILES string of the molecule is COC(=O)c1cncnc1NC1(C)CC1. The number of aromatic nitrogens is 2.